The number of carbonyl (C=O) groups is 1. The molecule has 2 atom stereocenters. The van der Waals surface area contributed by atoms with Gasteiger partial charge in [0.1, 0.15) is 0 Å². The van der Waals surface area contributed by atoms with Crippen LogP contribution in [-0.2, 0) is 16.0 Å². The second-order valence-corrected chi connectivity index (χ2v) is 7.07. The zero-order chi connectivity index (χ0) is 17.0. The first kappa shape index (κ1) is 17.3. The quantitative estimate of drug-likeness (QED) is 0.902. The van der Waals surface area contributed by atoms with Crippen LogP contribution >= 0.6 is 0 Å². The molecule has 6 heteroatoms. The lowest BCUT2D eigenvalue weighted by atomic mass is 9.70. The molecule has 1 amide bonds. The highest BCUT2D eigenvalue weighted by Crippen LogP contribution is 2.39. The van der Waals surface area contributed by atoms with Gasteiger partial charge in [0.15, 0.2) is 0 Å². The normalized spacial score (nSPS) is 28.8. The molecule has 2 aliphatic heterocycles. The van der Waals surface area contributed by atoms with Crippen LogP contribution in [0, 0.1) is 11.8 Å². The SMILES string of the molecule is C[C@@H]1CN(C(=O)CCc2cnccn2)CC[C@@]1(O)C1CCOCC1. The Morgan fingerprint density at radius 2 is 2.21 bits per heavy atom. The van der Waals surface area contributed by atoms with Gasteiger partial charge < -0.3 is 14.7 Å². The Bertz CT molecular complexity index is 548. The van der Waals surface area contributed by atoms with E-state index in [9.17, 15) is 9.90 Å². The largest absolute Gasteiger partial charge is 0.389 e. The fourth-order valence-electron chi connectivity index (χ4n) is 4.02. The van der Waals surface area contributed by atoms with Crippen molar-refractivity contribution < 1.29 is 14.6 Å². The fourth-order valence-corrected chi connectivity index (χ4v) is 4.02. The zero-order valence-electron chi connectivity index (χ0n) is 14.4. The lowest BCUT2D eigenvalue weighted by Gasteiger charge is -2.48. The summed E-state index contributed by atoms with van der Waals surface area (Å²) in [5, 5.41) is 11.2. The molecule has 3 rings (SSSR count). The number of ether oxygens (including phenoxy) is 1. The van der Waals surface area contributed by atoms with Crippen LogP contribution in [0.5, 0.6) is 0 Å². The first-order valence-electron chi connectivity index (χ1n) is 8.92. The average molecular weight is 333 g/mol. The van der Waals surface area contributed by atoms with Gasteiger partial charge in [-0.2, -0.15) is 0 Å². The van der Waals surface area contributed by atoms with Gasteiger partial charge in [-0.25, -0.2) is 0 Å². The van der Waals surface area contributed by atoms with Gasteiger partial charge in [0.05, 0.1) is 11.3 Å². The van der Waals surface area contributed by atoms with Crippen LogP contribution in [-0.4, -0.2) is 57.8 Å². The third-order valence-corrected chi connectivity index (χ3v) is 5.62. The Balaban J connectivity index is 1.53. The smallest absolute Gasteiger partial charge is 0.222 e. The molecule has 0 radical (unpaired) electrons. The molecule has 0 saturated carbocycles. The Labute approximate surface area is 143 Å². The number of likely N-dealkylation sites (tertiary alicyclic amines) is 1. The van der Waals surface area contributed by atoms with Crippen molar-refractivity contribution in [1.82, 2.24) is 14.9 Å². The zero-order valence-corrected chi connectivity index (χ0v) is 14.4. The van der Waals surface area contributed by atoms with Crippen LogP contribution in [0.2, 0.25) is 0 Å². The third-order valence-electron chi connectivity index (χ3n) is 5.62. The summed E-state index contributed by atoms with van der Waals surface area (Å²) in [6.07, 6.45) is 8.54. The molecule has 2 saturated heterocycles. The van der Waals surface area contributed by atoms with Crippen molar-refractivity contribution in [2.24, 2.45) is 11.8 Å². The molecule has 3 heterocycles. The highest BCUT2D eigenvalue weighted by Gasteiger charge is 2.45. The van der Waals surface area contributed by atoms with Crippen LogP contribution in [0.1, 0.15) is 38.3 Å². The molecule has 0 aliphatic carbocycles. The summed E-state index contributed by atoms with van der Waals surface area (Å²) in [6, 6.07) is 0. The minimum atomic E-state index is -0.661. The summed E-state index contributed by atoms with van der Waals surface area (Å²) in [4.78, 5) is 22.6. The van der Waals surface area contributed by atoms with Gasteiger partial charge in [0.2, 0.25) is 5.91 Å². The van der Waals surface area contributed by atoms with Crippen molar-refractivity contribution in [1.29, 1.82) is 0 Å². The number of hydrogen-bond donors (Lipinski definition) is 1. The maximum Gasteiger partial charge on any atom is 0.222 e. The molecule has 1 N–H and O–H groups in total. The predicted molar refractivity (Wildman–Crippen MR) is 89.2 cm³/mol. The van der Waals surface area contributed by atoms with Crippen LogP contribution in [0.15, 0.2) is 18.6 Å². The number of hydrogen-bond acceptors (Lipinski definition) is 5. The molecule has 0 spiro atoms. The van der Waals surface area contributed by atoms with Gasteiger partial charge in [-0.3, -0.25) is 14.8 Å². The van der Waals surface area contributed by atoms with E-state index in [1.807, 2.05) is 4.90 Å². The van der Waals surface area contributed by atoms with Crippen molar-refractivity contribution in [2.75, 3.05) is 26.3 Å². The molecule has 132 valence electrons. The third kappa shape index (κ3) is 3.75. The molecule has 0 unspecified atom stereocenters. The Morgan fingerprint density at radius 3 is 2.88 bits per heavy atom. The first-order valence-corrected chi connectivity index (χ1v) is 8.92. The van der Waals surface area contributed by atoms with Crippen LogP contribution in [0.3, 0.4) is 0 Å². The van der Waals surface area contributed by atoms with Crippen molar-refractivity contribution in [3.8, 4) is 0 Å². The lowest BCUT2D eigenvalue weighted by molar-refractivity contribution is -0.151. The maximum atomic E-state index is 12.5. The summed E-state index contributed by atoms with van der Waals surface area (Å²) in [7, 11) is 0. The first-order chi connectivity index (χ1) is 11.6. The van der Waals surface area contributed by atoms with E-state index < -0.39 is 5.60 Å². The molecule has 1 aromatic rings. The number of aromatic nitrogens is 2. The van der Waals surface area contributed by atoms with E-state index in [4.69, 9.17) is 4.74 Å². The highest BCUT2D eigenvalue weighted by molar-refractivity contribution is 5.76. The highest BCUT2D eigenvalue weighted by atomic mass is 16.5. The van der Waals surface area contributed by atoms with Gasteiger partial charge in [0.25, 0.3) is 0 Å². The van der Waals surface area contributed by atoms with Crippen molar-refractivity contribution in [3.05, 3.63) is 24.3 Å². The van der Waals surface area contributed by atoms with Gasteiger partial charge in [-0.15, -0.1) is 0 Å². The average Bonchev–Trinajstić information content (AvgIpc) is 2.63. The molecule has 6 nitrogen and oxygen atoms in total. The lowest BCUT2D eigenvalue weighted by Crippen LogP contribution is -2.56. The Morgan fingerprint density at radius 1 is 1.42 bits per heavy atom. The van der Waals surface area contributed by atoms with Gasteiger partial charge in [-0.1, -0.05) is 6.92 Å². The van der Waals surface area contributed by atoms with E-state index in [1.165, 1.54) is 0 Å². The monoisotopic (exact) mass is 333 g/mol. The van der Waals surface area contributed by atoms with Crippen molar-refractivity contribution in [3.63, 3.8) is 0 Å². The molecule has 0 bridgehead atoms. The van der Waals surface area contributed by atoms with E-state index in [-0.39, 0.29) is 17.7 Å². The number of nitrogens with zero attached hydrogens (tertiary/aromatic N) is 3. The summed E-state index contributed by atoms with van der Waals surface area (Å²) < 4.78 is 5.42. The second kappa shape index (κ2) is 7.57. The Hall–Kier alpha value is -1.53. The summed E-state index contributed by atoms with van der Waals surface area (Å²) in [5.74, 6) is 0.523. The van der Waals surface area contributed by atoms with Crippen molar-refractivity contribution in [2.45, 2.75) is 44.6 Å². The number of carbonyl (C=O) groups excluding carboxylic acids is 1. The molecule has 24 heavy (non-hydrogen) atoms. The van der Waals surface area contributed by atoms with Crippen molar-refractivity contribution >= 4 is 5.91 Å². The van der Waals surface area contributed by atoms with Gasteiger partial charge in [-0.05, 0) is 31.6 Å². The number of rotatable bonds is 4. The summed E-state index contributed by atoms with van der Waals surface area (Å²) in [6.45, 7) is 4.81. The molecule has 0 aromatic carbocycles. The van der Waals surface area contributed by atoms with E-state index in [0.717, 1.165) is 31.7 Å². The molecular weight excluding hydrogens is 306 g/mol. The van der Waals surface area contributed by atoms with Crippen LogP contribution in [0.25, 0.3) is 0 Å². The molecular formula is C18H27N3O3. The standard InChI is InChI=1S/C18H27N3O3/c1-14-13-21(17(22)3-2-16-12-19-7-8-20-16)9-6-18(14,23)15-4-10-24-11-5-15/h7-8,12,14-15,23H,2-6,9-11,13H2,1H3/t14-,18+/m1/s1. The second-order valence-electron chi connectivity index (χ2n) is 7.07. The number of aryl methyl sites for hydroxylation is 1. The van der Waals surface area contributed by atoms with Crippen LogP contribution in [0.4, 0.5) is 0 Å². The summed E-state index contributed by atoms with van der Waals surface area (Å²) >= 11 is 0. The molecule has 2 aliphatic rings. The maximum absolute atomic E-state index is 12.5. The van der Waals surface area contributed by atoms with E-state index in [2.05, 4.69) is 16.9 Å². The topological polar surface area (TPSA) is 75.6 Å². The minimum absolute atomic E-state index is 0.0924. The number of amides is 1. The van der Waals surface area contributed by atoms with E-state index in [1.54, 1.807) is 18.6 Å². The molecule has 2 fully saturated rings. The predicted octanol–water partition coefficient (Wildman–Crippen LogP) is 1.44. The minimum Gasteiger partial charge on any atom is -0.389 e. The van der Waals surface area contributed by atoms with Gasteiger partial charge >= 0.3 is 0 Å². The van der Waals surface area contributed by atoms with Gasteiger partial charge in [0, 0.05) is 57.2 Å². The van der Waals surface area contributed by atoms with Crippen LogP contribution < -0.4 is 0 Å². The Kier molecular flexibility index (Phi) is 5.46. The van der Waals surface area contributed by atoms with E-state index in [0.29, 0.717) is 32.4 Å². The summed E-state index contributed by atoms with van der Waals surface area (Å²) in [5.41, 5.74) is 0.181. The number of aliphatic hydroxyl groups is 1. The molecule has 1 aromatic heterocycles. The van der Waals surface area contributed by atoms with E-state index >= 15 is 0 Å². The fraction of sp³-hybridized carbons (Fsp3) is 0.722. The number of piperidine rings is 1.